The van der Waals surface area contributed by atoms with Gasteiger partial charge in [-0.25, -0.2) is 0 Å². The molecule has 2 rings (SSSR count). The van der Waals surface area contributed by atoms with Crippen LogP contribution < -0.4 is 0 Å². The van der Waals surface area contributed by atoms with E-state index in [0.717, 1.165) is 12.1 Å². The van der Waals surface area contributed by atoms with Crippen molar-refractivity contribution in [2.24, 2.45) is 7.05 Å². The summed E-state index contributed by atoms with van der Waals surface area (Å²) >= 11 is 0. The standard InChI is InChI=1S/C12H20N2O/c1-9-11(8-15)6-12(14(9)3)10-4-5-13(2)7-10/h6,10,15H,4-5,7-8H2,1-3H3. The third-order valence-electron chi connectivity index (χ3n) is 3.66. The van der Waals surface area contributed by atoms with Gasteiger partial charge in [-0.2, -0.15) is 0 Å². The highest BCUT2D eigenvalue weighted by Gasteiger charge is 2.24. The molecule has 0 bridgehead atoms. The molecule has 15 heavy (non-hydrogen) atoms. The third kappa shape index (κ3) is 1.82. The van der Waals surface area contributed by atoms with Gasteiger partial charge in [0, 0.05) is 30.9 Å². The van der Waals surface area contributed by atoms with Crippen LogP contribution in [0.2, 0.25) is 0 Å². The molecule has 0 aromatic carbocycles. The van der Waals surface area contributed by atoms with Gasteiger partial charge in [-0.1, -0.05) is 0 Å². The number of aliphatic hydroxyl groups excluding tert-OH is 1. The van der Waals surface area contributed by atoms with Crippen LogP contribution in [0.1, 0.15) is 29.3 Å². The molecule has 1 N–H and O–H groups in total. The zero-order chi connectivity index (χ0) is 11.0. The molecule has 1 unspecified atom stereocenters. The number of aromatic nitrogens is 1. The SMILES string of the molecule is Cc1c(CO)cc(C2CCN(C)C2)n1C. The van der Waals surface area contributed by atoms with Gasteiger partial charge in [-0.15, -0.1) is 0 Å². The summed E-state index contributed by atoms with van der Waals surface area (Å²) in [7, 11) is 4.27. The number of likely N-dealkylation sites (tertiary alicyclic amines) is 1. The maximum atomic E-state index is 9.23. The van der Waals surface area contributed by atoms with E-state index in [1.165, 1.54) is 24.4 Å². The molecule has 2 heterocycles. The quantitative estimate of drug-likeness (QED) is 0.792. The molecule has 1 aromatic rings. The first-order chi connectivity index (χ1) is 7.13. The van der Waals surface area contributed by atoms with Gasteiger partial charge < -0.3 is 14.6 Å². The van der Waals surface area contributed by atoms with Gasteiger partial charge in [-0.3, -0.25) is 0 Å². The lowest BCUT2D eigenvalue weighted by Gasteiger charge is -2.12. The van der Waals surface area contributed by atoms with Gasteiger partial charge in [0.15, 0.2) is 0 Å². The van der Waals surface area contributed by atoms with E-state index in [9.17, 15) is 5.11 Å². The monoisotopic (exact) mass is 208 g/mol. The van der Waals surface area contributed by atoms with E-state index in [-0.39, 0.29) is 6.61 Å². The topological polar surface area (TPSA) is 28.4 Å². The van der Waals surface area contributed by atoms with Crippen LogP contribution >= 0.6 is 0 Å². The maximum absolute atomic E-state index is 9.23. The Morgan fingerprint density at radius 3 is 2.67 bits per heavy atom. The average Bonchev–Trinajstić information content (AvgIpc) is 2.74. The van der Waals surface area contributed by atoms with E-state index in [4.69, 9.17) is 0 Å². The number of nitrogens with zero attached hydrogens (tertiary/aromatic N) is 2. The summed E-state index contributed by atoms with van der Waals surface area (Å²) in [6.07, 6.45) is 1.23. The van der Waals surface area contributed by atoms with Crippen molar-refractivity contribution in [3.63, 3.8) is 0 Å². The molecule has 0 aliphatic carbocycles. The number of hydrogen-bond donors (Lipinski definition) is 1. The van der Waals surface area contributed by atoms with Crippen LogP contribution in [-0.2, 0) is 13.7 Å². The van der Waals surface area contributed by atoms with Crippen molar-refractivity contribution in [1.29, 1.82) is 0 Å². The Bertz CT molecular complexity index is 357. The summed E-state index contributed by atoms with van der Waals surface area (Å²) in [4.78, 5) is 2.37. The Balaban J connectivity index is 2.28. The van der Waals surface area contributed by atoms with E-state index in [1.807, 2.05) is 0 Å². The Hall–Kier alpha value is -0.800. The van der Waals surface area contributed by atoms with Crippen LogP contribution in [-0.4, -0.2) is 34.7 Å². The van der Waals surface area contributed by atoms with Gasteiger partial charge in [0.05, 0.1) is 6.61 Å². The smallest absolute Gasteiger partial charge is 0.0699 e. The molecule has 3 nitrogen and oxygen atoms in total. The minimum absolute atomic E-state index is 0.155. The predicted octanol–water partition coefficient (Wildman–Crippen LogP) is 1.24. The molecule has 3 heteroatoms. The van der Waals surface area contributed by atoms with Crippen molar-refractivity contribution in [3.8, 4) is 0 Å². The lowest BCUT2D eigenvalue weighted by atomic mass is 10.0. The summed E-state index contributed by atoms with van der Waals surface area (Å²) in [5.41, 5.74) is 3.64. The van der Waals surface area contributed by atoms with Crippen molar-refractivity contribution >= 4 is 0 Å². The molecule has 0 radical (unpaired) electrons. The normalized spacial score (nSPS) is 22.5. The van der Waals surface area contributed by atoms with Crippen molar-refractivity contribution in [3.05, 3.63) is 23.0 Å². The first-order valence-electron chi connectivity index (χ1n) is 5.58. The summed E-state index contributed by atoms with van der Waals surface area (Å²) in [6, 6.07) is 2.17. The second-order valence-electron chi connectivity index (χ2n) is 4.64. The van der Waals surface area contributed by atoms with Gasteiger partial charge >= 0.3 is 0 Å². The number of likely N-dealkylation sites (N-methyl/N-ethyl adjacent to an activating group) is 1. The van der Waals surface area contributed by atoms with Crippen LogP contribution in [0.25, 0.3) is 0 Å². The molecule has 1 fully saturated rings. The first-order valence-corrected chi connectivity index (χ1v) is 5.58. The average molecular weight is 208 g/mol. The van der Waals surface area contributed by atoms with Crippen molar-refractivity contribution in [2.75, 3.05) is 20.1 Å². The number of aliphatic hydroxyl groups is 1. The molecular formula is C12H20N2O. The molecular weight excluding hydrogens is 188 g/mol. The fourth-order valence-corrected chi connectivity index (χ4v) is 2.52. The second kappa shape index (κ2) is 3.99. The van der Waals surface area contributed by atoms with Gasteiger partial charge in [0.2, 0.25) is 0 Å². The lowest BCUT2D eigenvalue weighted by Crippen LogP contribution is -2.14. The van der Waals surface area contributed by atoms with Crippen molar-refractivity contribution in [1.82, 2.24) is 9.47 Å². The van der Waals surface area contributed by atoms with E-state index in [1.54, 1.807) is 0 Å². The summed E-state index contributed by atoms with van der Waals surface area (Å²) in [5, 5.41) is 9.23. The maximum Gasteiger partial charge on any atom is 0.0699 e. The highest BCUT2D eigenvalue weighted by atomic mass is 16.3. The second-order valence-corrected chi connectivity index (χ2v) is 4.64. The Morgan fingerprint density at radius 2 is 2.20 bits per heavy atom. The van der Waals surface area contributed by atoms with Crippen LogP contribution in [0.5, 0.6) is 0 Å². The lowest BCUT2D eigenvalue weighted by molar-refractivity contribution is 0.281. The molecule has 1 aromatic heterocycles. The van der Waals surface area contributed by atoms with Crippen molar-refractivity contribution < 1.29 is 5.11 Å². The van der Waals surface area contributed by atoms with E-state index >= 15 is 0 Å². The highest BCUT2D eigenvalue weighted by Crippen LogP contribution is 2.29. The molecule has 1 aliphatic heterocycles. The Kier molecular flexibility index (Phi) is 2.85. The zero-order valence-corrected chi connectivity index (χ0v) is 9.82. The van der Waals surface area contributed by atoms with Gasteiger partial charge in [0.25, 0.3) is 0 Å². The molecule has 0 amide bonds. The molecule has 1 aliphatic rings. The fraction of sp³-hybridized carbons (Fsp3) is 0.667. The summed E-state index contributed by atoms with van der Waals surface area (Å²) in [5.74, 6) is 0.638. The number of hydrogen-bond acceptors (Lipinski definition) is 2. The molecule has 0 saturated carbocycles. The molecule has 1 saturated heterocycles. The minimum Gasteiger partial charge on any atom is -0.392 e. The van der Waals surface area contributed by atoms with Crippen LogP contribution in [0.4, 0.5) is 0 Å². The predicted molar refractivity (Wildman–Crippen MR) is 60.9 cm³/mol. The van der Waals surface area contributed by atoms with Crippen LogP contribution in [0.15, 0.2) is 6.07 Å². The summed E-state index contributed by atoms with van der Waals surface area (Å²) < 4.78 is 2.23. The van der Waals surface area contributed by atoms with E-state index in [0.29, 0.717) is 5.92 Å². The molecule has 84 valence electrons. The Labute approximate surface area is 91.3 Å². The molecule has 1 atom stereocenters. The van der Waals surface area contributed by atoms with Gasteiger partial charge in [-0.05, 0) is 38.6 Å². The van der Waals surface area contributed by atoms with E-state index < -0.39 is 0 Å². The number of rotatable bonds is 2. The molecule has 0 spiro atoms. The first kappa shape index (κ1) is 10.7. The van der Waals surface area contributed by atoms with E-state index in [2.05, 4.69) is 36.6 Å². The third-order valence-corrected chi connectivity index (χ3v) is 3.66. The van der Waals surface area contributed by atoms with Gasteiger partial charge in [0.1, 0.15) is 0 Å². The highest BCUT2D eigenvalue weighted by molar-refractivity contribution is 5.29. The summed E-state index contributed by atoms with van der Waals surface area (Å²) in [6.45, 7) is 4.56. The zero-order valence-electron chi connectivity index (χ0n) is 9.82. The van der Waals surface area contributed by atoms with Crippen LogP contribution in [0, 0.1) is 6.92 Å². The Morgan fingerprint density at radius 1 is 1.47 bits per heavy atom. The van der Waals surface area contributed by atoms with Crippen LogP contribution in [0.3, 0.4) is 0 Å². The fourth-order valence-electron chi connectivity index (χ4n) is 2.52. The van der Waals surface area contributed by atoms with Crippen molar-refractivity contribution in [2.45, 2.75) is 25.9 Å². The minimum atomic E-state index is 0.155. The largest absolute Gasteiger partial charge is 0.392 e.